The molecule has 0 saturated heterocycles. The van der Waals surface area contributed by atoms with E-state index in [1.54, 1.807) is 18.4 Å². The molecule has 0 spiro atoms. The summed E-state index contributed by atoms with van der Waals surface area (Å²) in [5, 5.41) is 0. The third-order valence-electron chi connectivity index (χ3n) is 3.51. The molecule has 108 valence electrons. The number of nitrogens with two attached hydrogens (primary N) is 1. The minimum Gasteiger partial charge on any atom is -0.497 e. The van der Waals surface area contributed by atoms with Crippen molar-refractivity contribution < 1.29 is 4.74 Å². The Morgan fingerprint density at radius 3 is 2.67 bits per heavy atom. The predicted octanol–water partition coefficient (Wildman–Crippen LogP) is 3.52. The second-order valence-electron chi connectivity index (χ2n) is 4.90. The Bertz CT molecular complexity index is 752. The van der Waals surface area contributed by atoms with Crippen molar-refractivity contribution in [3.8, 4) is 5.75 Å². The zero-order chi connectivity index (χ0) is 14.8. The van der Waals surface area contributed by atoms with Gasteiger partial charge in [0, 0.05) is 13.6 Å². The number of aromatic nitrogens is 1. The average molecular weight is 299 g/mol. The van der Waals surface area contributed by atoms with Gasteiger partial charge in [0.1, 0.15) is 11.3 Å². The molecule has 3 rings (SSSR count). The van der Waals surface area contributed by atoms with E-state index in [2.05, 4.69) is 34.1 Å². The highest BCUT2D eigenvalue weighted by molar-refractivity contribution is 7.16. The van der Waals surface area contributed by atoms with Crippen LogP contribution in [0.15, 0.2) is 41.9 Å². The van der Waals surface area contributed by atoms with Crippen molar-refractivity contribution in [2.75, 3.05) is 24.8 Å². The highest BCUT2D eigenvalue weighted by Crippen LogP contribution is 2.32. The summed E-state index contributed by atoms with van der Waals surface area (Å²) in [4.78, 5) is 6.48. The number of benzene rings is 2. The van der Waals surface area contributed by atoms with Gasteiger partial charge in [0.15, 0.2) is 0 Å². The van der Waals surface area contributed by atoms with Crippen LogP contribution in [0.25, 0.3) is 10.2 Å². The fourth-order valence-corrected chi connectivity index (χ4v) is 3.06. The molecule has 0 amide bonds. The van der Waals surface area contributed by atoms with Gasteiger partial charge < -0.3 is 15.4 Å². The minimum absolute atomic E-state index is 0.741. The summed E-state index contributed by atoms with van der Waals surface area (Å²) < 4.78 is 6.30. The van der Waals surface area contributed by atoms with E-state index in [1.807, 2.05) is 24.7 Å². The smallest absolute Gasteiger partial charge is 0.118 e. The molecule has 0 radical (unpaired) electrons. The van der Waals surface area contributed by atoms with Crippen LogP contribution in [0.2, 0.25) is 0 Å². The van der Waals surface area contributed by atoms with E-state index in [4.69, 9.17) is 10.5 Å². The summed E-state index contributed by atoms with van der Waals surface area (Å²) in [5.74, 6) is 0.866. The van der Waals surface area contributed by atoms with E-state index >= 15 is 0 Å². The summed E-state index contributed by atoms with van der Waals surface area (Å²) in [7, 11) is 3.71. The van der Waals surface area contributed by atoms with Crippen LogP contribution in [0.1, 0.15) is 5.56 Å². The van der Waals surface area contributed by atoms with Crippen LogP contribution in [0.4, 0.5) is 11.4 Å². The number of hydrogen-bond acceptors (Lipinski definition) is 5. The number of rotatable bonds is 4. The van der Waals surface area contributed by atoms with Crippen LogP contribution in [0.3, 0.4) is 0 Å². The van der Waals surface area contributed by atoms with E-state index in [0.29, 0.717) is 0 Å². The lowest BCUT2D eigenvalue weighted by Gasteiger charge is -2.21. The number of fused-ring (bicyclic) bond motifs is 1. The lowest BCUT2D eigenvalue weighted by atomic mass is 10.1. The largest absolute Gasteiger partial charge is 0.497 e. The Morgan fingerprint density at radius 1 is 1.19 bits per heavy atom. The molecule has 2 N–H and O–H groups in total. The van der Waals surface area contributed by atoms with Crippen LogP contribution in [0, 0.1) is 0 Å². The molecule has 1 aromatic heterocycles. The highest BCUT2D eigenvalue weighted by Gasteiger charge is 2.11. The van der Waals surface area contributed by atoms with Crippen LogP contribution >= 0.6 is 11.3 Å². The molecule has 0 aliphatic rings. The van der Waals surface area contributed by atoms with Crippen LogP contribution < -0.4 is 15.4 Å². The zero-order valence-electron chi connectivity index (χ0n) is 12.0. The van der Waals surface area contributed by atoms with Crippen LogP contribution in [-0.2, 0) is 6.54 Å². The van der Waals surface area contributed by atoms with Gasteiger partial charge in [-0.2, -0.15) is 0 Å². The van der Waals surface area contributed by atoms with Gasteiger partial charge in [0.25, 0.3) is 0 Å². The topological polar surface area (TPSA) is 51.4 Å². The third kappa shape index (κ3) is 2.64. The lowest BCUT2D eigenvalue weighted by molar-refractivity contribution is 0.414. The maximum atomic E-state index is 6.25. The summed E-state index contributed by atoms with van der Waals surface area (Å²) >= 11 is 1.61. The standard InChI is InChI=1S/C16H17N3OS/c1-19(9-11-3-5-12(20-2)6-4-11)13-7-8-14-16(15(13)17)18-10-21-14/h3-8,10H,9,17H2,1-2H3. The Kier molecular flexibility index (Phi) is 3.66. The van der Waals surface area contributed by atoms with Crippen molar-refractivity contribution in [1.29, 1.82) is 0 Å². The molecule has 0 bridgehead atoms. The normalized spacial score (nSPS) is 10.8. The third-order valence-corrected chi connectivity index (χ3v) is 4.30. The number of methoxy groups -OCH3 is 1. The second kappa shape index (κ2) is 5.61. The summed E-state index contributed by atoms with van der Waals surface area (Å²) in [5.41, 5.74) is 11.9. The molecule has 3 aromatic rings. The molecule has 2 aromatic carbocycles. The lowest BCUT2D eigenvalue weighted by Crippen LogP contribution is -2.17. The first-order chi connectivity index (χ1) is 10.2. The SMILES string of the molecule is COc1ccc(CN(C)c2ccc3scnc3c2N)cc1. The van der Waals surface area contributed by atoms with Gasteiger partial charge in [-0.05, 0) is 29.8 Å². The van der Waals surface area contributed by atoms with Gasteiger partial charge in [-0.25, -0.2) is 4.98 Å². The van der Waals surface area contributed by atoms with Crippen LogP contribution in [0.5, 0.6) is 5.75 Å². The monoisotopic (exact) mass is 299 g/mol. The van der Waals surface area contributed by atoms with Crippen molar-refractivity contribution in [2.24, 2.45) is 0 Å². The summed E-state index contributed by atoms with van der Waals surface area (Å²) in [6.07, 6.45) is 0. The number of nitrogens with zero attached hydrogens (tertiary/aromatic N) is 2. The van der Waals surface area contributed by atoms with E-state index < -0.39 is 0 Å². The fourth-order valence-electron chi connectivity index (χ4n) is 2.36. The van der Waals surface area contributed by atoms with Gasteiger partial charge >= 0.3 is 0 Å². The Morgan fingerprint density at radius 2 is 1.95 bits per heavy atom. The molecule has 0 atom stereocenters. The number of anilines is 2. The molecule has 0 saturated carbocycles. The van der Waals surface area contributed by atoms with Crippen molar-refractivity contribution in [1.82, 2.24) is 4.98 Å². The number of hydrogen-bond donors (Lipinski definition) is 1. The first kappa shape index (κ1) is 13.7. The first-order valence-corrected chi connectivity index (χ1v) is 7.52. The molecule has 0 unspecified atom stereocenters. The molecule has 5 heteroatoms. The quantitative estimate of drug-likeness (QED) is 0.749. The van der Waals surface area contributed by atoms with Crippen LogP contribution in [-0.4, -0.2) is 19.1 Å². The Hall–Kier alpha value is -2.27. The number of thiazole rings is 1. The van der Waals surface area contributed by atoms with Crippen molar-refractivity contribution in [2.45, 2.75) is 6.54 Å². The highest BCUT2D eigenvalue weighted by atomic mass is 32.1. The summed E-state index contributed by atoms with van der Waals surface area (Å²) in [6, 6.07) is 12.2. The predicted molar refractivity (Wildman–Crippen MR) is 89.1 cm³/mol. The van der Waals surface area contributed by atoms with Crippen molar-refractivity contribution in [3.63, 3.8) is 0 Å². The second-order valence-corrected chi connectivity index (χ2v) is 5.79. The van der Waals surface area contributed by atoms with Crippen molar-refractivity contribution in [3.05, 3.63) is 47.5 Å². The number of nitrogen functional groups attached to an aromatic ring is 1. The maximum absolute atomic E-state index is 6.25. The summed E-state index contributed by atoms with van der Waals surface area (Å²) in [6.45, 7) is 0.782. The minimum atomic E-state index is 0.741. The van der Waals surface area contributed by atoms with Gasteiger partial charge in [-0.3, -0.25) is 0 Å². The van der Waals surface area contributed by atoms with Crippen molar-refractivity contribution >= 4 is 32.9 Å². The van der Waals surface area contributed by atoms with E-state index in [9.17, 15) is 0 Å². The van der Waals surface area contributed by atoms with Gasteiger partial charge in [-0.1, -0.05) is 12.1 Å². The van der Waals surface area contributed by atoms with Gasteiger partial charge in [-0.15, -0.1) is 11.3 Å². The average Bonchev–Trinajstić information content (AvgIpc) is 2.98. The molecular formula is C16H17N3OS. The first-order valence-electron chi connectivity index (χ1n) is 6.65. The zero-order valence-corrected chi connectivity index (χ0v) is 12.9. The van der Waals surface area contributed by atoms with Gasteiger partial charge in [0.05, 0.1) is 28.7 Å². The molecular weight excluding hydrogens is 282 g/mol. The number of ether oxygens (including phenoxy) is 1. The Labute approximate surface area is 127 Å². The molecule has 0 aliphatic carbocycles. The maximum Gasteiger partial charge on any atom is 0.118 e. The van der Waals surface area contributed by atoms with E-state index in [-0.39, 0.29) is 0 Å². The van der Waals surface area contributed by atoms with E-state index in [1.165, 1.54) is 5.56 Å². The van der Waals surface area contributed by atoms with E-state index in [0.717, 1.165) is 33.9 Å². The molecule has 4 nitrogen and oxygen atoms in total. The van der Waals surface area contributed by atoms with Gasteiger partial charge in [0.2, 0.25) is 0 Å². The molecule has 1 heterocycles. The molecule has 0 aliphatic heterocycles. The fraction of sp³-hybridized carbons (Fsp3) is 0.188. The molecule has 0 fully saturated rings. The Balaban J connectivity index is 1.85. The molecule has 21 heavy (non-hydrogen) atoms.